The van der Waals surface area contributed by atoms with Gasteiger partial charge in [-0.15, -0.1) is 0 Å². The van der Waals surface area contributed by atoms with Crippen molar-refractivity contribution in [1.82, 2.24) is 0 Å². The second-order valence-electron chi connectivity index (χ2n) is 4.82. The number of anilines is 1. The Labute approximate surface area is 138 Å². The minimum atomic E-state index is -1.02. The number of para-hydroxylation sites is 1. The van der Waals surface area contributed by atoms with Gasteiger partial charge in [-0.3, -0.25) is 4.79 Å². The third-order valence-electron chi connectivity index (χ3n) is 3.17. The van der Waals surface area contributed by atoms with Gasteiger partial charge in [0.15, 0.2) is 6.10 Å². The van der Waals surface area contributed by atoms with Gasteiger partial charge in [-0.05, 0) is 42.8 Å². The Hall–Kier alpha value is -2.53. The maximum atomic E-state index is 12.3. The van der Waals surface area contributed by atoms with Crippen molar-refractivity contribution in [1.29, 1.82) is 0 Å². The molecule has 0 unspecified atom stereocenters. The van der Waals surface area contributed by atoms with Gasteiger partial charge in [0.2, 0.25) is 0 Å². The van der Waals surface area contributed by atoms with E-state index in [0.717, 1.165) is 0 Å². The third-order valence-corrected chi connectivity index (χ3v) is 3.48. The smallest absolute Gasteiger partial charge is 0.335 e. The molecule has 1 atom stereocenters. The summed E-state index contributed by atoms with van der Waals surface area (Å²) in [5, 5.41) is 12.0. The lowest BCUT2D eigenvalue weighted by Gasteiger charge is -2.18. The van der Waals surface area contributed by atoms with Crippen LogP contribution in [0.15, 0.2) is 48.5 Å². The number of hydrogen-bond acceptors (Lipinski definition) is 3. The summed E-state index contributed by atoms with van der Waals surface area (Å²) in [6.45, 7) is 1.83. The van der Waals surface area contributed by atoms with Crippen molar-refractivity contribution in [3.8, 4) is 5.75 Å². The fourth-order valence-electron chi connectivity index (χ4n) is 1.93. The molecule has 0 fully saturated rings. The monoisotopic (exact) mass is 333 g/mol. The maximum Gasteiger partial charge on any atom is 0.335 e. The average Bonchev–Trinajstić information content (AvgIpc) is 2.54. The van der Waals surface area contributed by atoms with Crippen LogP contribution in [-0.4, -0.2) is 23.1 Å². The van der Waals surface area contributed by atoms with Gasteiger partial charge in [-0.2, -0.15) is 0 Å². The van der Waals surface area contributed by atoms with Crippen LogP contribution in [0.1, 0.15) is 23.7 Å². The van der Waals surface area contributed by atoms with Crippen LogP contribution >= 0.6 is 11.6 Å². The highest BCUT2D eigenvalue weighted by atomic mass is 35.5. The lowest BCUT2D eigenvalue weighted by atomic mass is 10.2. The van der Waals surface area contributed by atoms with Crippen LogP contribution in [0.2, 0.25) is 5.02 Å². The Morgan fingerprint density at radius 3 is 2.39 bits per heavy atom. The van der Waals surface area contributed by atoms with Gasteiger partial charge in [0.1, 0.15) is 5.75 Å². The second-order valence-corrected chi connectivity index (χ2v) is 5.22. The number of aromatic carboxylic acids is 1. The van der Waals surface area contributed by atoms with Crippen LogP contribution in [0.4, 0.5) is 5.69 Å². The van der Waals surface area contributed by atoms with E-state index in [1.807, 2.05) is 6.92 Å². The molecule has 0 aromatic heterocycles. The Kier molecular flexibility index (Phi) is 5.60. The third kappa shape index (κ3) is 4.47. The van der Waals surface area contributed by atoms with E-state index in [0.29, 0.717) is 22.9 Å². The van der Waals surface area contributed by atoms with E-state index in [9.17, 15) is 9.59 Å². The SMILES string of the molecule is CC[C@H](Oc1ccccc1Cl)C(=O)Nc1ccc(C(=O)O)cc1. The number of carboxylic acid groups (broad SMARTS) is 1. The number of carbonyl (C=O) groups is 2. The molecule has 0 aliphatic heterocycles. The van der Waals surface area contributed by atoms with Crippen LogP contribution in [0, 0.1) is 0 Å². The van der Waals surface area contributed by atoms with E-state index in [-0.39, 0.29) is 11.5 Å². The molecule has 0 bridgehead atoms. The molecule has 23 heavy (non-hydrogen) atoms. The molecule has 6 heteroatoms. The number of rotatable bonds is 6. The summed E-state index contributed by atoms with van der Waals surface area (Å²) in [5.74, 6) is -0.899. The normalized spacial score (nSPS) is 11.6. The van der Waals surface area contributed by atoms with Crippen molar-refractivity contribution in [2.24, 2.45) is 0 Å². The van der Waals surface area contributed by atoms with Gasteiger partial charge in [0, 0.05) is 5.69 Å². The first-order valence-electron chi connectivity index (χ1n) is 7.06. The zero-order valence-electron chi connectivity index (χ0n) is 12.5. The van der Waals surface area contributed by atoms with E-state index < -0.39 is 12.1 Å². The van der Waals surface area contributed by atoms with Crippen LogP contribution in [0.25, 0.3) is 0 Å². The van der Waals surface area contributed by atoms with Crippen LogP contribution in [0.5, 0.6) is 5.75 Å². The van der Waals surface area contributed by atoms with E-state index >= 15 is 0 Å². The van der Waals surface area contributed by atoms with Crippen molar-refractivity contribution in [2.75, 3.05) is 5.32 Å². The molecular formula is C17H16ClNO4. The molecule has 0 aliphatic carbocycles. The summed E-state index contributed by atoms with van der Waals surface area (Å²) < 4.78 is 5.65. The summed E-state index contributed by atoms with van der Waals surface area (Å²) in [6.07, 6.45) is -0.237. The number of amides is 1. The lowest BCUT2D eigenvalue weighted by molar-refractivity contribution is -0.122. The summed E-state index contributed by atoms with van der Waals surface area (Å²) in [7, 11) is 0. The topological polar surface area (TPSA) is 75.6 Å². The zero-order chi connectivity index (χ0) is 16.8. The Morgan fingerprint density at radius 2 is 1.83 bits per heavy atom. The fraction of sp³-hybridized carbons (Fsp3) is 0.176. The summed E-state index contributed by atoms with van der Waals surface area (Å²) >= 11 is 6.02. The molecular weight excluding hydrogens is 318 g/mol. The minimum Gasteiger partial charge on any atom is -0.479 e. The highest BCUT2D eigenvalue weighted by Crippen LogP contribution is 2.25. The number of nitrogens with one attached hydrogen (secondary N) is 1. The maximum absolute atomic E-state index is 12.3. The first-order chi connectivity index (χ1) is 11.0. The molecule has 0 aliphatic rings. The zero-order valence-corrected chi connectivity index (χ0v) is 13.2. The first kappa shape index (κ1) is 16.8. The van der Waals surface area contributed by atoms with Crippen LogP contribution in [-0.2, 0) is 4.79 Å². The van der Waals surface area contributed by atoms with Gasteiger partial charge < -0.3 is 15.2 Å². The summed E-state index contributed by atoms with van der Waals surface area (Å²) in [6, 6.07) is 12.8. The Bertz CT molecular complexity index is 700. The average molecular weight is 334 g/mol. The molecule has 120 valence electrons. The Balaban J connectivity index is 2.05. The molecule has 2 N–H and O–H groups in total. The number of hydrogen-bond donors (Lipinski definition) is 2. The molecule has 0 radical (unpaired) electrons. The predicted molar refractivity (Wildman–Crippen MR) is 88.2 cm³/mol. The van der Waals surface area contributed by atoms with Gasteiger partial charge in [0.05, 0.1) is 10.6 Å². The number of halogens is 1. The second kappa shape index (κ2) is 7.65. The van der Waals surface area contributed by atoms with Crippen molar-refractivity contribution >= 4 is 29.2 Å². The van der Waals surface area contributed by atoms with Gasteiger partial charge >= 0.3 is 5.97 Å². The highest BCUT2D eigenvalue weighted by molar-refractivity contribution is 6.32. The van der Waals surface area contributed by atoms with E-state index in [1.165, 1.54) is 24.3 Å². The van der Waals surface area contributed by atoms with Crippen LogP contribution < -0.4 is 10.1 Å². The standard InChI is InChI=1S/C17H16ClNO4/c1-2-14(23-15-6-4-3-5-13(15)18)16(20)19-12-9-7-11(8-10-12)17(21)22/h3-10,14H,2H2,1H3,(H,19,20)(H,21,22)/t14-/m0/s1. The highest BCUT2D eigenvalue weighted by Gasteiger charge is 2.19. The Morgan fingerprint density at radius 1 is 1.17 bits per heavy atom. The van der Waals surface area contributed by atoms with Crippen molar-refractivity contribution in [2.45, 2.75) is 19.4 Å². The van der Waals surface area contributed by atoms with Crippen molar-refractivity contribution in [3.05, 3.63) is 59.1 Å². The largest absolute Gasteiger partial charge is 0.479 e. The number of ether oxygens (including phenoxy) is 1. The molecule has 0 saturated carbocycles. The minimum absolute atomic E-state index is 0.155. The predicted octanol–water partition coefficient (Wildman–Crippen LogP) is 3.83. The van der Waals surface area contributed by atoms with E-state index in [2.05, 4.69) is 5.32 Å². The number of benzene rings is 2. The fourth-order valence-corrected chi connectivity index (χ4v) is 2.11. The quantitative estimate of drug-likeness (QED) is 0.842. The van der Waals surface area contributed by atoms with E-state index in [4.69, 9.17) is 21.4 Å². The van der Waals surface area contributed by atoms with Gasteiger partial charge in [-0.1, -0.05) is 30.7 Å². The first-order valence-corrected chi connectivity index (χ1v) is 7.44. The molecule has 0 heterocycles. The molecule has 0 spiro atoms. The molecule has 2 aromatic carbocycles. The lowest BCUT2D eigenvalue weighted by Crippen LogP contribution is -2.32. The van der Waals surface area contributed by atoms with E-state index in [1.54, 1.807) is 24.3 Å². The molecule has 2 rings (SSSR count). The molecule has 5 nitrogen and oxygen atoms in total. The number of carbonyl (C=O) groups excluding carboxylic acids is 1. The van der Waals surface area contributed by atoms with Crippen molar-refractivity contribution in [3.63, 3.8) is 0 Å². The van der Waals surface area contributed by atoms with Gasteiger partial charge in [-0.25, -0.2) is 4.79 Å². The number of carboxylic acids is 1. The van der Waals surface area contributed by atoms with Gasteiger partial charge in [0.25, 0.3) is 5.91 Å². The molecule has 2 aromatic rings. The molecule has 0 saturated heterocycles. The van der Waals surface area contributed by atoms with Crippen molar-refractivity contribution < 1.29 is 19.4 Å². The van der Waals surface area contributed by atoms with Crippen LogP contribution in [0.3, 0.4) is 0 Å². The summed E-state index contributed by atoms with van der Waals surface area (Å²) in [5.41, 5.74) is 0.656. The summed E-state index contributed by atoms with van der Waals surface area (Å²) in [4.78, 5) is 23.1. The molecule has 1 amide bonds.